The van der Waals surface area contributed by atoms with Gasteiger partial charge < -0.3 is 10.1 Å². The van der Waals surface area contributed by atoms with Crippen LogP contribution in [0.2, 0.25) is 0 Å². The Balaban J connectivity index is 1.42. The molecule has 3 aromatic rings. The molecule has 150 valence electrons. The highest BCUT2D eigenvalue weighted by Gasteiger charge is 2.18. The molecule has 2 N–H and O–H groups in total. The number of anilines is 1. The van der Waals surface area contributed by atoms with E-state index < -0.39 is 18.0 Å². The lowest BCUT2D eigenvalue weighted by atomic mass is 10.2. The second-order valence-electron chi connectivity index (χ2n) is 6.06. The molecule has 1 heterocycles. The SMILES string of the molecule is CC(NC(=O)OCc1ccccc1)C(=O)Nc1nnc(SCc2ccccc2)s1. The fourth-order valence-electron chi connectivity index (χ4n) is 2.26. The lowest BCUT2D eigenvalue weighted by molar-refractivity contribution is -0.117. The molecule has 3 rings (SSSR count). The van der Waals surface area contributed by atoms with Crippen molar-refractivity contribution in [1.82, 2.24) is 15.5 Å². The Labute approximate surface area is 176 Å². The molecule has 29 heavy (non-hydrogen) atoms. The Bertz CT molecular complexity index is 935. The van der Waals surface area contributed by atoms with Crippen molar-refractivity contribution in [2.75, 3.05) is 5.32 Å². The van der Waals surface area contributed by atoms with Crippen LogP contribution in [-0.2, 0) is 21.9 Å². The number of nitrogens with one attached hydrogen (secondary N) is 2. The number of carbonyl (C=O) groups is 2. The molecule has 1 aromatic heterocycles. The zero-order chi connectivity index (χ0) is 20.5. The van der Waals surface area contributed by atoms with E-state index in [0.717, 1.165) is 15.7 Å². The van der Waals surface area contributed by atoms with Crippen molar-refractivity contribution in [3.8, 4) is 0 Å². The lowest BCUT2D eigenvalue weighted by Crippen LogP contribution is -2.41. The summed E-state index contributed by atoms with van der Waals surface area (Å²) in [6.07, 6.45) is -0.659. The summed E-state index contributed by atoms with van der Waals surface area (Å²) in [5.41, 5.74) is 2.05. The second kappa shape index (κ2) is 10.6. The van der Waals surface area contributed by atoms with Gasteiger partial charge in [0.1, 0.15) is 12.6 Å². The van der Waals surface area contributed by atoms with Crippen LogP contribution >= 0.6 is 23.1 Å². The largest absolute Gasteiger partial charge is 0.445 e. The van der Waals surface area contributed by atoms with Gasteiger partial charge in [0, 0.05) is 5.75 Å². The van der Waals surface area contributed by atoms with Crippen LogP contribution in [0, 0.1) is 0 Å². The Hall–Kier alpha value is -2.91. The van der Waals surface area contributed by atoms with E-state index in [1.54, 1.807) is 18.7 Å². The highest BCUT2D eigenvalue weighted by atomic mass is 32.2. The maximum absolute atomic E-state index is 12.3. The summed E-state index contributed by atoms with van der Waals surface area (Å²) < 4.78 is 5.87. The smallest absolute Gasteiger partial charge is 0.408 e. The summed E-state index contributed by atoms with van der Waals surface area (Å²) in [6.45, 7) is 1.71. The van der Waals surface area contributed by atoms with Crippen LogP contribution in [0.1, 0.15) is 18.1 Å². The van der Waals surface area contributed by atoms with E-state index in [2.05, 4.69) is 20.8 Å². The van der Waals surface area contributed by atoms with E-state index in [-0.39, 0.29) is 6.61 Å². The topological polar surface area (TPSA) is 93.2 Å². The van der Waals surface area contributed by atoms with Gasteiger partial charge in [0.25, 0.3) is 0 Å². The molecular weight excluding hydrogens is 408 g/mol. The fraction of sp³-hybridized carbons (Fsp3) is 0.200. The van der Waals surface area contributed by atoms with Gasteiger partial charge in [-0.1, -0.05) is 83.8 Å². The third-order valence-electron chi connectivity index (χ3n) is 3.78. The average molecular weight is 429 g/mol. The van der Waals surface area contributed by atoms with Crippen LogP contribution in [-0.4, -0.2) is 28.2 Å². The van der Waals surface area contributed by atoms with E-state index in [1.807, 2.05) is 60.7 Å². The Kier molecular flexibility index (Phi) is 7.60. The number of thioether (sulfide) groups is 1. The van der Waals surface area contributed by atoms with Crippen LogP contribution in [0.5, 0.6) is 0 Å². The van der Waals surface area contributed by atoms with Crippen molar-refractivity contribution in [2.24, 2.45) is 0 Å². The average Bonchev–Trinajstić information content (AvgIpc) is 3.19. The Morgan fingerprint density at radius 2 is 1.69 bits per heavy atom. The van der Waals surface area contributed by atoms with Gasteiger partial charge in [-0.3, -0.25) is 10.1 Å². The predicted molar refractivity (Wildman–Crippen MR) is 114 cm³/mol. The van der Waals surface area contributed by atoms with E-state index >= 15 is 0 Å². The van der Waals surface area contributed by atoms with Crippen LogP contribution in [0.15, 0.2) is 65.0 Å². The summed E-state index contributed by atoms with van der Waals surface area (Å²) >= 11 is 2.84. The quantitative estimate of drug-likeness (QED) is 0.415. The molecule has 0 saturated carbocycles. The van der Waals surface area contributed by atoms with Gasteiger partial charge >= 0.3 is 6.09 Å². The molecule has 7 nitrogen and oxygen atoms in total. The van der Waals surface area contributed by atoms with Gasteiger partial charge in [-0.2, -0.15) is 0 Å². The predicted octanol–water partition coefficient (Wildman–Crippen LogP) is 4.08. The number of rotatable bonds is 8. The first-order valence-electron chi connectivity index (χ1n) is 8.88. The Morgan fingerprint density at radius 1 is 1.03 bits per heavy atom. The number of benzene rings is 2. The number of hydrogen-bond acceptors (Lipinski definition) is 7. The third kappa shape index (κ3) is 6.88. The first-order valence-corrected chi connectivity index (χ1v) is 10.7. The van der Waals surface area contributed by atoms with Gasteiger partial charge in [0.15, 0.2) is 4.34 Å². The summed E-state index contributed by atoms with van der Waals surface area (Å²) in [7, 11) is 0. The first kappa shape index (κ1) is 20.8. The van der Waals surface area contributed by atoms with Crippen molar-refractivity contribution in [1.29, 1.82) is 0 Å². The van der Waals surface area contributed by atoms with Gasteiger partial charge in [-0.25, -0.2) is 4.79 Å². The van der Waals surface area contributed by atoms with E-state index in [9.17, 15) is 9.59 Å². The van der Waals surface area contributed by atoms with Crippen LogP contribution in [0.3, 0.4) is 0 Å². The highest BCUT2D eigenvalue weighted by molar-refractivity contribution is 8.00. The van der Waals surface area contributed by atoms with E-state index in [0.29, 0.717) is 5.13 Å². The van der Waals surface area contributed by atoms with E-state index in [1.165, 1.54) is 16.9 Å². The van der Waals surface area contributed by atoms with Crippen molar-refractivity contribution in [3.63, 3.8) is 0 Å². The minimum atomic E-state index is -0.775. The summed E-state index contributed by atoms with van der Waals surface area (Å²) in [5.74, 6) is 0.381. The monoisotopic (exact) mass is 428 g/mol. The summed E-state index contributed by atoms with van der Waals surface area (Å²) in [4.78, 5) is 24.1. The second-order valence-corrected chi connectivity index (χ2v) is 8.26. The number of aromatic nitrogens is 2. The van der Waals surface area contributed by atoms with Crippen molar-refractivity contribution in [2.45, 2.75) is 29.7 Å². The van der Waals surface area contributed by atoms with Crippen LogP contribution in [0.4, 0.5) is 9.93 Å². The van der Waals surface area contributed by atoms with Crippen molar-refractivity contribution in [3.05, 3.63) is 71.8 Å². The first-order chi connectivity index (χ1) is 14.1. The molecule has 2 aromatic carbocycles. The number of alkyl carbamates (subject to hydrolysis) is 1. The summed E-state index contributed by atoms with van der Waals surface area (Å²) in [5, 5.41) is 13.6. The number of amides is 2. The van der Waals surface area contributed by atoms with Gasteiger partial charge in [0.05, 0.1) is 0 Å². The third-order valence-corrected chi connectivity index (χ3v) is 5.83. The lowest BCUT2D eigenvalue weighted by Gasteiger charge is -2.13. The summed E-state index contributed by atoms with van der Waals surface area (Å²) in [6, 6.07) is 18.6. The van der Waals surface area contributed by atoms with Gasteiger partial charge in [0.2, 0.25) is 11.0 Å². The molecule has 9 heteroatoms. The molecule has 0 saturated heterocycles. The van der Waals surface area contributed by atoms with E-state index in [4.69, 9.17) is 4.74 Å². The molecular formula is C20H20N4O3S2. The minimum Gasteiger partial charge on any atom is -0.445 e. The zero-order valence-corrected chi connectivity index (χ0v) is 17.3. The molecule has 0 bridgehead atoms. The molecule has 1 atom stereocenters. The van der Waals surface area contributed by atoms with Gasteiger partial charge in [-0.05, 0) is 18.1 Å². The molecule has 1 unspecified atom stereocenters. The zero-order valence-electron chi connectivity index (χ0n) is 15.7. The number of hydrogen-bond donors (Lipinski definition) is 2. The minimum absolute atomic E-state index is 0.138. The fourth-order valence-corrected chi connectivity index (χ4v) is 3.97. The standard InChI is InChI=1S/C20H20N4O3S2/c1-14(21-19(26)27-12-15-8-4-2-5-9-15)17(25)22-18-23-24-20(29-18)28-13-16-10-6-3-7-11-16/h2-11,14H,12-13H2,1H3,(H,21,26)(H,22,23,25). The van der Waals surface area contributed by atoms with Gasteiger partial charge in [-0.15, -0.1) is 10.2 Å². The molecule has 0 spiro atoms. The number of carbonyl (C=O) groups excluding carboxylic acids is 2. The van der Waals surface area contributed by atoms with Crippen molar-refractivity contribution >= 4 is 40.2 Å². The molecule has 0 aliphatic rings. The highest BCUT2D eigenvalue weighted by Crippen LogP contribution is 2.28. The molecule has 0 aliphatic heterocycles. The number of nitrogens with zero attached hydrogens (tertiary/aromatic N) is 2. The maximum Gasteiger partial charge on any atom is 0.408 e. The maximum atomic E-state index is 12.3. The number of ether oxygens (including phenoxy) is 1. The molecule has 0 radical (unpaired) electrons. The Morgan fingerprint density at radius 3 is 2.38 bits per heavy atom. The molecule has 2 amide bonds. The normalized spacial score (nSPS) is 11.5. The molecule has 0 fully saturated rings. The van der Waals surface area contributed by atoms with Crippen LogP contribution in [0.25, 0.3) is 0 Å². The van der Waals surface area contributed by atoms with Crippen molar-refractivity contribution < 1.29 is 14.3 Å². The molecule has 0 aliphatic carbocycles. The van der Waals surface area contributed by atoms with Crippen LogP contribution < -0.4 is 10.6 Å².